The summed E-state index contributed by atoms with van der Waals surface area (Å²) in [7, 11) is 0. The summed E-state index contributed by atoms with van der Waals surface area (Å²) in [5.74, 6) is -0.483. The molecule has 0 spiro atoms. The van der Waals surface area contributed by atoms with Crippen LogP contribution in [0.1, 0.15) is 61.2 Å². The number of carbonyl (C=O) groups excluding carboxylic acids is 2. The zero-order valence-electron chi connectivity index (χ0n) is 18.8. The van der Waals surface area contributed by atoms with Gasteiger partial charge in [-0.3, -0.25) is 9.59 Å². The highest BCUT2D eigenvalue weighted by Gasteiger charge is 2.21. The summed E-state index contributed by atoms with van der Waals surface area (Å²) < 4.78 is 5.38. The summed E-state index contributed by atoms with van der Waals surface area (Å²) >= 11 is 1.49. The first-order valence-electron chi connectivity index (χ1n) is 10.1. The Morgan fingerprint density at radius 3 is 2.30 bits per heavy atom. The van der Waals surface area contributed by atoms with Crippen molar-refractivity contribution in [3.63, 3.8) is 0 Å². The number of nitrogens with one attached hydrogen (secondary N) is 1. The predicted molar refractivity (Wildman–Crippen MR) is 121 cm³/mol. The van der Waals surface area contributed by atoms with E-state index in [-0.39, 0.29) is 18.2 Å². The quantitative estimate of drug-likeness (QED) is 0.370. The number of nitrogens with zero attached hydrogens (tertiary/aromatic N) is 2. The number of hydrogen-bond donors (Lipinski definition) is 1. The van der Waals surface area contributed by atoms with Gasteiger partial charge in [0.1, 0.15) is 0 Å². The highest BCUT2D eigenvalue weighted by molar-refractivity contribution is 7.98. The second-order valence-electron chi connectivity index (χ2n) is 7.67. The van der Waals surface area contributed by atoms with Crippen molar-refractivity contribution >= 4 is 29.3 Å². The van der Waals surface area contributed by atoms with Gasteiger partial charge in [0.15, 0.2) is 11.3 Å². The molecule has 0 aliphatic rings. The minimum absolute atomic E-state index is 0.170. The molecule has 0 aliphatic carbocycles. The number of amides is 1. The Labute approximate surface area is 183 Å². The lowest BCUT2D eigenvalue weighted by molar-refractivity contribution is -0.153. The van der Waals surface area contributed by atoms with E-state index in [1.165, 1.54) is 11.8 Å². The van der Waals surface area contributed by atoms with Gasteiger partial charge in [0.2, 0.25) is 0 Å². The summed E-state index contributed by atoms with van der Waals surface area (Å²) in [6.07, 6.45) is 1.70. The molecule has 7 heteroatoms. The molecule has 0 radical (unpaired) electrons. The number of anilines is 1. The first kappa shape index (κ1) is 23.9. The molecule has 1 aromatic heterocycles. The van der Waals surface area contributed by atoms with E-state index in [0.717, 1.165) is 38.9 Å². The van der Waals surface area contributed by atoms with E-state index >= 15 is 0 Å². The van der Waals surface area contributed by atoms with E-state index in [2.05, 4.69) is 29.1 Å². The molecule has 0 fully saturated rings. The van der Waals surface area contributed by atoms with Crippen molar-refractivity contribution < 1.29 is 14.3 Å². The Balaban J connectivity index is 1.98. The van der Waals surface area contributed by atoms with Crippen molar-refractivity contribution in [2.45, 2.75) is 71.6 Å². The molecule has 1 heterocycles. The van der Waals surface area contributed by atoms with E-state index in [9.17, 15) is 9.59 Å². The molecule has 0 saturated heterocycles. The molecule has 0 unspecified atom stereocenters. The third kappa shape index (κ3) is 6.05. The SMILES string of the molecule is CSc1nc(C)c(CCC(=O)O[C@@H](C)C(=O)Nc2c(C)cccc2C(C)C)c(C)n1. The molecule has 1 N–H and O–H groups in total. The normalized spacial score (nSPS) is 12.0. The Morgan fingerprint density at radius 2 is 1.73 bits per heavy atom. The van der Waals surface area contributed by atoms with Crippen LogP contribution in [0.5, 0.6) is 0 Å². The molecular weight excluding hydrogens is 398 g/mol. The molecule has 2 rings (SSSR count). The third-order valence-electron chi connectivity index (χ3n) is 5.01. The fourth-order valence-corrected chi connectivity index (χ4v) is 3.72. The Hall–Kier alpha value is -2.41. The van der Waals surface area contributed by atoms with Crippen molar-refractivity contribution in [3.8, 4) is 0 Å². The second-order valence-corrected chi connectivity index (χ2v) is 8.45. The summed E-state index contributed by atoms with van der Waals surface area (Å²) in [5, 5.41) is 3.65. The lowest BCUT2D eigenvalue weighted by atomic mass is 9.98. The van der Waals surface area contributed by atoms with Crippen LogP contribution in [0, 0.1) is 20.8 Å². The van der Waals surface area contributed by atoms with Crippen molar-refractivity contribution in [3.05, 3.63) is 46.3 Å². The largest absolute Gasteiger partial charge is 0.453 e. The number of thioether (sulfide) groups is 1. The average molecular weight is 430 g/mol. The summed E-state index contributed by atoms with van der Waals surface area (Å²) in [5.41, 5.74) is 5.51. The lowest BCUT2D eigenvalue weighted by Gasteiger charge is -2.19. The smallest absolute Gasteiger partial charge is 0.306 e. The Bertz CT molecular complexity index is 905. The molecule has 1 atom stereocenters. The molecule has 1 amide bonds. The van der Waals surface area contributed by atoms with Gasteiger partial charge >= 0.3 is 5.97 Å². The first-order chi connectivity index (χ1) is 14.1. The maximum Gasteiger partial charge on any atom is 0.306 e. The standard InChI is InChI=1S/C23H31N3O3S/c1-13(2)18-10-8-9-14(3)21(18)26-22(28)17(6)29-20(27)12-11-19-15(4)24-23(30-7)25-16(19)5/h8-10,13,17H,11-12H2,1-7H3,(H,26,28)/t17-/m0/s1. The number of aryl methyl sites for hydroxylation is 3. The highest BCUT2D eigenvalue weighted by Crippen LogP contribution is 2.27. The van der Waals surface area contributed by atoms with Gasteiger partial charge in [-0.05, 0) is 63.0 Å². The van der Waals surface area contributed by atoms with E-state index in [1.807, 2.05) is 45.2 Å². The molecule has 162 valence electrons. The number of esters is 1. The van der Waals surface area contributed by atoms with Crippen LogP contribution < -0.4 is 5.32 Å². The van der Waals surface area contributed by atoms with Crippen molar-refractivity contribution in [2.75, 3.05) is 11.6 Å². The van der Waals surface area contributed by atoms with Gasteiger partial charge in [-0.1, -0.05) is 43.8 Å². The second kappa shape index (κ2) is 10.6. The lowest BCUT2D eigenvalue weighted by Crippen LogP contribution is -2.30. The van der Waals surface area contributed by atoms with Crippen LogP contribution >= 0.6 is 11.8 Å². The number of carbonyl (C=O) groups is 2. The van der Waals surface area contributed by atoms with Crippen molar-refractivity contribution in [1.29, 1.82) is 0 Å². The van der Waals surface area contributed by atoms with Gasteiger partial charge in [-0.15, -0.1) is 0 Å². The van der Waals surface area contributed by atoms with Crippen LogP contribution in [0.15, 0.2) is 23.4 Å². The van der Waals surface area contributed by atoms with Crippen LogP contribution in [0.3, 0.4) is 0 Å². The highest BCUT2D eigenvalue weighted by atomic mass is 32.2. The molecule has 0 bridgehead atoms. The summed E-state index contributed by atoms with van der Waals surface area (Å²) in [4.78, 5) is 33.8. The van der Waals surface area contributed by atoms with E-state index in [4.69, 9.17) is 4.74 Å². The molecule has 0 aliphatic heterocycles. The fraction of sp³-hybridized carbons (Fsp3) is 0.478. The van der Waals surface area contributed by atoms with E-state index in [0.29, 0.717) is 6.42 Å². The number of para-hydroxylation sites is 1. The number of aromatic nitrogens is 2. The zero-order chi connectivity index (χ0) is 22.4. The molecular formula is C23H31N3O3S. The minimum atomic E-state index is -0.880. The molecule has 0 saturated carbocycles. The van der Waals surface area contributed by atoms with Crippen LogP contribution in [0.2, 0.25) is 0 Å². The summed E-state index contributed by atoms with van der Waals surface area (Å²) in [6.45, 7) is 11.5. The van der Waals surface area contributed by atoms with E-state index in [1.54, 1.807) is 6.92 Å². The van der Waals surface area contributed by atoms with Gasteiger partial charge in [0, 0.05) is 23.5 Å². The predicted octanol–water partition coefficient (Wildman–Crippen LogP) is 4.75. The van der Waals surface area contributed by atoms with Crippen molar-refractivity contribution in [2.24, 2.45) is 0 Å². The molecule has 1 aromatic carbocycles. The number of rotatable bonds is 8. The zero-order valence-corrected chi connectivity index (χ0v) is 19.6. The third-order valence-corrected chi connectivity index (χ3v) is 5.56. The maximum atomic E-state index is 12.6. The number of hydrogen-bond acceptors (Lipinski definition) is 6. The minimum Gasteiger partial charge on any atom is -0.453 e. The number of benzene rings is 1. The van der Waals surface area contributed by atoms with E-state index < -0.39 is 12.1 Å². The van der Waals surface area contributed by atoms with Gasteiger partial charge in [-0.2, -0.15) is 0 Å². The topological polar surface area (TPSA) is 81.2 Å². The van der Waals surface area contributed by atoms with Gasteiger partial charge < -0.3 is 10.1 Å². The van der Waals surface area contributed by atoms with Gasteiger partial charge in [0.05, 0.1) is 0 Å². The van der Waals surface area contributed by atoms with Crippen LogP contribution in [-0.4, -0.2) is 34.2 Å². The Kier molecular flexibility index (Phi) is 8.41. The Morgan fingerprint density at radius 1 is 1.10 bits per heavy atom. The average Bonchev–Trinajstić information content (AvgIpc) is 2.68. The van der Waals surface area contributed by atoms with Crippen LogP contribution in [-0.2, 0) is 20.7 Å². The van der Waals surface area contributed by atoms with Gasteiger partial charge in [-0.25, -0.2) is 9.97 Å². The van der Waals surface area contributed by atoms with Crippen molar-refractivity contribution in [1.82, 2.24) is 9.97 Å². The maximum absolute atomic E-state index is 12.6. The van der Waals surface area contributed by atoms with Crippen LogP contribution in [0.4, 0.5) is 5.69 Å². The number of ether oxygens (including phenoxy) is 1. The molecule has 30 heavy (non-hydrogen) atoms. The summed E-state index contributed by atoms with van der Waals surface area (Å²) in [6, 6.07) is 5.93. The molecule has 6 nitrogen and oxygen atoms in total. The van der Waals surface area contributed by atoms with Gasteiger partial charge in [0.25, 0.3) is 5.91 Å². The fourth-order valence-electron chi connectivity index (χ4n) is 3.27. The monoisotopic (exact) mass is 429 g/mol. The first-order valence-corrected chi connectivity index (χ1v) is 11.3. The molecule has 2 aromatic rings. The van der Waals surface area contributed by atoms with Crippen LogP contribution in [0.25, 0.3) is 0 Å².